The number of aromatic nitrogens is 1. The van der Waals surface area contributed by atoms with E-state index in [1.807, 2.05) is 24.3 Å². The number of ether oxygens (including phenoxy) is 1. The number of pyridine rings is 1. The van der Waals surface area contributed by atoms with Crippen molar-refractivity contribution in [1.29, 1.82) is 0 Å². The van der Waals surface area contributed by atoms with Gasteiger partial charge in [-0.2, -0.15) is 0 Å². The summed E-state index contributed by atoms with van der Waals surface area (Å²) in [6, 6.07) is 9.11. The molecule has 2 rings (SSSR count). The molecular formula is C16H20F2N2O. The number of nitrogens with one attached hydrogen (secondary N) is 1. The zero-order valence-electron chi connectivity index (χ0n) is 12.5. The van der Waals surface area contributed by atoms with E-state index in [0.29, 0.717) is 12.3 Å². The molecule has 1 heterocycles. The second-order valence-corrected chi connectivity index (χ2v) is 5.93. The van der Waals surface area contributed by atoms with Gasteiger partial charge in [-0.25, -0.2) is 8.78 Å². The molecule has 0 saturated carbocycles. The zero-order chi connectivity index (χ0) is 15.5. The van der Waals surface area contributed by atoms with Crippen molar-refractivity contribution in [1.82, 2.24) is 10.3 Å². The predicted molar refractivity (Wildman–Crippen MR) is 79.8 cm³/mol. The van der Waals surface area contributed by atoms with Gasteiger partial charge in [0.2, 0.25) is 0 Å². The third kappa shape index (κ3) is 4.63. The van der Waals surface area contributed by atoms with Gasteiger partial charge in [-0.3, -0.25) is 4.98 Å². The van der Waals surface area contributed by atoms with Gasteiger partial charge in [-0.05, 0) is 32.9 Å². The Hall–Kier alpha value is -1.75. The van der Waals surface area contributed by atoms with Crippen LogP contribution in [0.25, 0.3) is 10.9 Å². The van der Waals surface area contributed by atoms with E-state index in [0.717, 1.165) is 16.6 Å². The van der Waals surface area contributed by atoms with Crippen molar-refractivity contribution in [2.75, 3.05) is 6.61 Å². The Balaban J connectivity index is 2.30. The first-order chi connectivity index (χ1) is 9.85. The smallest absolute Gasteiger partial charge is 0.272 e. The molecule has 0 saturated heterocycles. The van der Waals surface area contributed by atoms with Gasteiger partial charge in [0.1, 0.15) is 12.4 Å². The van der Waals surface area contributed by atoms with Gasteiger partial charge in [-0.1, -0.05) is 12.1 Å². The van der Waals surface area contributed by atoms with E-state index in [1.54, 1.807) is 6.07 Å². The minimum atomic E-state index is -2.49. The van der Waals surface area contributed by atoms with E-state index in [4.69, 9.17) is 4.74 Å². The van der Waals surface area contributed by atoms with E-state index in [9.17, 15) is 8.78 Å². The molecule has 0 unspecified atom stereocenters. The van der Waals surface area contributed by atoms with Gasteiger partial charge >= 0.3 is 0 Å². The van der Waals surface area contributed by atoms with Crippen LogP contribution in [-0.2, 0) is 6.54 Å². The Kier molecular flexibility index (Phi) is 4.73. The standard InChI is InChI=1S/C16H20F2N2O/c1-16(2,3)19-9-11-8-14(21-10-15(17)18)12-6-4-5-7-13(12)20-11/h4-8,15,19H,9-10H2,1-3H3. The van der Waals surface area contributed by atoms with Gasteiger partial charge in [0.15, 0.2) is 0 Å². The molecule has 21 heavy (non-hydrogen) atoms. The summed E-state index contributed by atoms with van der Waals surface area (Å²) in [4.78, 5) is 4.54. The number of halogens is 2. The molecule has 0 aliphatic rings. The third-order valence-corrected chi connectivity index (χ3v) is 2.90. The van der Waals surface area contributed by atoms with Crippen molar-refractivity contribution in [3.05, 3.63) is 36.0 Å². The Morgan fingerprint density at radius 1 is 1.24 bits per heavy atom. The van der Waals surface area contributed by atoms with Crippen LogP contribution in [0.5, 0.6) is 5.75 Å². The summed E-state index contributed by atoms with van der Waals surface area (Å²) < 4.78 is 30.0. The molecule has 1 aromatic carbocycles. The van der Waals surface area contributed by atoms with E-state index in [1.165, 1.54) is 0 Å². The Morgan fingerprint density at radius 3 is 2.62 bits per heavy atom. The highest BCUT2D eigenvalue weighted by Gasteiger charge is 2.12. The molecule has 0 fully saturated rings. The largest absolute Gasteiger partial charge is 0.487 e. The minimum Gasteiger partial charge on any atom is -0.487 e. The van der Waals surface area contributed by atoms with Crippen molar-refractivity contribution in [2.45, 2.75) is 39.3 Å². The average molecular weight is 294 g/mol. The summed E-state index contributed by atoms with van der Waals surface area (Å²) in [5.74, 6) is 0.451. The Morgan fingerprint density at radius 2 is 1.95 bits per heavy atom. The van der Waals surface area contributed by atoms with Crippen molar-refractivity contribution in [3.8, 4) is 5.75 Å². The quantitative estimate of drug-likeness (QED) is 0.911. The molecule has 2 aromatic rings. The molecule has 0 aliphatic heterocycles. The van der Waals surface area contributed by atoms with Crippen LogP contribution in [0.4, 0.5) is 8.78 Å². The number of alkyl halides is 2. The van der Waals surface area contributed by atoms with Crippen LogP contribution in [-0.4, -0.2) is 23.6 Å². The van der Waals surface area contributed by atoms with Crippen LogP contribution in [0.2, 0.25) is 0 Å². The Bertz CT molecular complexity index is 609. The number of benzene rings is 1. The highest BCUT2D eigenvalue weighted by molar-refractivity contribution is 5.85. The maximum absolute atomic E-state index is 12.4. The second-order valence-electron chi connectivity index (χ2n) is 5.93. The fourth-order valence-corrected chi connectivity index (χ4v) is 1.91. The molecule has 5 heteroatoms. The molecule has 3 nitrogen and oxygen atoms in total. The van der Waals surface area contributed by atoms with E-state index < -0.39 is 13.0 Å². The van der Waals surface area contributed by atoms with Crippen molar-refractivity contribution < 1.29 is 13.5 Å². The van der Waals surface area contributed by atoms with E-state index in [-0.39, 0.29) is 5.54 Å². The van der Waals surface area contributed by atoms with Gasteiger partial charge in [-0.15, -0.1) is 0 Å². The lowest BCUT2D eigenvalue weighted by atomic mass is 10.1. The lowest BCUT2D eigenvalue weighted by Gasteiger charge is -2.20. The first-order valence-corrected chi connectivity index (χ1v) is 6.90. The topological polar surface area (TPSA) is 34.1 Å². The van der Waals surface area contributed by atoms with Crippen LogP contribution in [0, 0.1) is 0 Å². The SMILES string of the molecule is CC(C)(C)NCc1cc(OCC(F)F)c2ccccc2n1. The highest BCUT2D eigenvalue weighted by Crippen LogP contribution is 2.26. The molecule has 114 valence electrons. The number of nitrogens with zero attached hydrogens (tertiary/aromatic N) is 1. The summed E-state index contributed by atoms with van der Waals surface area (Å²) in [6.07, 6.45) is -2.49. The Labute approximate surface area is 123 Å². The van der Waals surface area contributed by atoms with Gasteiger partial charge in [0.05, 0.1) is 11.2 Å². The van der Waals surface area contributed by atoms with Crippen LogP contribution >= 0.6 is 0 Å². The minimum absolute atomic E-state index is 0.0443. The van der Waals surface area contributed by atoms with Crippen LogP contribution < -0.4 is 10.1 Å². The van der Waals surface area contributed by atoms with Gasteiger partial charge in [0, 0.05) is 23.5 Å². The molecule has 0 aliphatic carbocycles. The molecule has 1 N–H and O–H groups in total. The lowest BCUT2D eigenvalue weighted by molar-refractivity contribution is 0.0826. The molecule has 0 amide bonds. The second kappa shape index (κ2) is 6.35. The van der Waals surface area contributed by atoms with E-state index >= 15 is 0 Å². The number of rotatable bonds is 5. The van der Waals surface area contributed by atoms with Crippen LogP contribution in [0.1, 0.15) is 26.5 Å². The number of hydrogen-bond donors (Lipinski definition) is 1. The summed E-state index contributed by atoms with van der Waals surface area (Å²) in [5, 5.41) is 4.08. The molecule has 1 aromatic heterocycles. The highest BCUT2D eigenvalue weighted by atomic mass is 19.3. The van der Waals surface area contributed by atoms with Crippen LogP contribution in [0.15, 0.2) is 30.3 Å². The number of hydrogen-bond acceptors (Lipinski definition) is 3. The summed E-state index contributed by atoms with van der Waals surface area (Å²) in [6.45, 7) is 6.12. The summed E-state index contributed by atoms with van der Waals surface area (Å²) in [7, 11) is 0. The maximum Gasteiger partial charge on any atom is 0.272 e. The normalized spacial score (nSPS) is 12.1. The summed E-state index contributed by atoms with van der Waals surface area (Å²) >= 11 is 0. The third-order valence-electron chi connectivity index (χ3n) is 2.90. The predicted octanol–water partition coefficient (Wildman–Crippen LogP) is 3.77. The molecular weight excluding hydrogens is 274 g/mol. The van der Waals surface area contributed by atoms with Crippen molar-refractivity contribution in [2.24, 2.45) is 0 Å². The number of para-hydroxylation sites is 1. The fourth-order valence-electron chi connectivity index (χ4n) is 1.91. The van der Waals surface area contributed by atoms with Crippen molar-refractivity contribution >= 4 is 10.9 Å². The van der Waals surface area contributed by atoms with Gasteiger partial charge in [0.25, 0.3) is 6.43 Å². The molecule has 0 atom stereocenters. The molecule has 0 bridgehead atoms. The van der Waals surface area contributed by atoms with Crippen LogP contribution in [0.3, 0.4) is 0 Å². The monoisotopic (exact) mass is 294 g/mol. The first-order valence-electron chi connectivity index (χ1n) is 6.90. The zero-order valence-corrected chi connectivity index (χ0v) is 12.5. The molecule has 0 radical (unpaired) electrons. The number of fused-ring (bicyclic) bond motifs is 1. The fraction of sp³-hybridized carbons (Fsp3) is 0.438. The van der Waals surface area contributed by atoms with Gasteiger partial charge < -0.3 is 10.1 Å². The lowest BCUT2D eigenvalue weighted by Crippen LogP contribution is -2.35. The molecule has 0 spiro atoms. The first kappa shape index (κ1) is 15.6. The van der Waals surface area contributed by atoms with E-state index in [2.05, 4.69) is 31.1 Å². The van der Waals surface area contributed by atoms with Crippen molar-refractivity contribution in [3.63, 3.8) is 0 Å². The summed E-state index contributed by atoms with van der Waals surface area (Å²) in [5.41, 5.74) is 1.47. The average Bonchev–Trinajstić information content (AvgIpc) is 2.41. The maximum atomic E-state index is 12.4.